The van der Waals surface area contributed by atoms with Crippen molar-refractivity contribution in [3.8, 4) is 11.5 Å². The average Bonchev–Trinajstić information content (AvgIpc) is 2.60. The highest BCUT2D eigenvalue weighted by atomic mass is 19.4. The summed E-state index contributed by atoms with van der Waals surface area (Å²) in [6.45, 7) is 0.176. The summed E-state index contributed by atoms with van der Waals surface area (Å²) in [5.41, 5.74) is 0.0255. The number of carbonyl (C=O) groups excluding carboxylic acids is 1. The molecule has 1 amide bonds. The van der Waals surface area contributed by atoms with Gasteiger partial charge in [-0.15, -0.1) is 0 Å². The molecule has 134 valence electrons. The van der Waals surface area contributed by atoms with Crippen molar-refractivity contribution < 1.29 is 27.4 Å². The van der Waals surface area contributed by atoms with Crippen LogP contribution in [0.1, 0.15) is 11.1 Å². The molecule has 0 aliphatic rings. The van der Waals surface area contributed by atoms with Crippen LogP contribution in [0.3, 0.4) is 0 Å². The Morgan fingerprint density at radius 1 is 1.00 bits per heavy atom. The zero-order chi connectivity index (χ0) is 18.3. The van der Waals surface area contributed by atoms with Gasteiger partial charge in [-0.1, -0.05) is 12.1 Å². The van der Waals surface area contributed by atoms with E-state index in [9.17, 15) is 18.0 Å². The predicted octanol–water partition coefficient (Wildman–Crippen LogP) is 3.45. The Hall–Kier alpha value is -2.70. The molecule has 4 nitrogen and oxygen atoms in total. The maximum absolute atomic E-state index is 12.5. The van der Waals surface area contributed by atoms with Crippen LogP contribution in [0.4, 0.5) is 13.2 Å². The van der Waals surface area contributed by atoms with Crippen molar-refractivity contribution in [3.63, 3.8) is 0 Å². The van der Waals surface area contributed by atoms with Crippen LogP contribution < -0.4 is 14.8 Å². The summed E-state index contributed by atoms with van der Waals surface area (Å²) in [6.07, 6.45) is -3.90. The molecule has 2 rings (SSSR count). The van der Waals surface area contributed by atoms with Crippen molar-refractivity contribution >= 4 is 5.91 Å². The summed E-state index contributed by atoms with van der Waals surface area (Å²) in [6, 6.07) is 11.7. The van der Waals surface area contributed by atoms with Gasteiger partial charge in [0, 0.05) is 6.54 Å². The minimum absolute atomic E-state index is 0.140. The molecule has 0 saturated heterocycles. The van der Waals surface area contributed by atoms with Gasteiger partial charge in [0.05, 0.1) is 12.7 Å². The highest BCUT2D eigenvalue weighted by Gasteiger charge is 2.29. The average molecular weight is 353 g/mol. The number of methoxy groups -OCH3 is 1. The van der Waals surface area contributed by atoms with Gasteiger partial charge in [-0.25, -0.2) is 0 Å². The fraction of sp³-hybridized carbons (Fsp3) is 0.278. The minimum atomic E-state index is -4.34. The van der Waals surface area contributed by atoms with Crippen LogP contribution in [0, 0.1) is 0 Å². The SMILES string of the molecule is COc1ccc(OCC(=O)NCCc2ccc(C(F)(F)F)cc2)cc1. The zero-order valence-corrected chi connectivity index (χ0v) is 13.6. The van der Waals surface area contributed by atoms with E-state index in [-0.39, 0.29) is 12.5 Å². The number of alkyl halides is 3. The van der Waals surface area contributed by atoms with E-state index in [1.165, 1.54) is 12.1 Å². The lowest BCUT2D eigenvalue weighted by Gasteiger charge is -2.09. The summed E-state index contributed by atoms with van der Waals surface area (Å²) < 4.78 is 47.7. The molecule has 2 aromatic rings. The number of rotatable bonds is 7. The topological polar surface area (TPSA) is 47.6 Å². The van der Waals surface area contributed by atoms with E-state index >= 15 is 0 Å². The van der Waals surface area contributed by atoms with E-state index in [0.717, 1.165) is 12.1 Å². The highest BCUT2D eigenvalue weighted by Crippen LogP contribution is 2.29. The summed E-state index contributed by atoms with van der Waals surface area (Å²) in [5, 5.41) is 2.66. The Bertz CT molecular complexity index is 682. The molecular formula is C18H18F3NO3. The van der Waals surface area contributed by atoms with Crippen molar-refractivity contribution in [1.82, 2.24) is 5.32 Å². The second-order valence-corrected chi connectivity index (χ2v) is 5.26. The van der Waals surface area contributed by atoms with Gasteiger partial charge in [-0.3, -0.25) is 4.79 Å². The van der Waals surface area contributed by atoms with Crippen molar-refractivity contribution in [3.05, 3.63) is 59.7 Å². The third kappa shape index (κ3) is 6.02. The minimum Gasteiger partial charge on any atom is -0.497 e. The van der Waals surface area contributed by atoms with Crippen LogP contribution in [-0.4, -0.2) is 26.2 Å². The Kier molecular flexibility index (Phi) is 6.27. The lowest BCUT2D eigenvalue weighted by atomic mass is 10.1. The number of halogens is 3. The Labute approximate surface area is 143 Å². The number of nitrogens with one attached hydrogen (secondary N) is 1. The van der Waals surface area contributed by atoms with E-state index in [1.807, 2.05) is 0 Å². The predicted molar refractivity (Wildman–Crippen MR) is 86.6 cm³/mol. The normalized spacial score (nSPS) is 11.0. The van der Waals surface area contributed by atoms with E-state index in [2.05, 4.69) is 5.32 Å². The first-order chi connectivity index (χ1) is 11.9. The summed E-state index contributed by atoms with van der Waals surface area (Å²) in [7, 11) is 1.56. The van der Waals surface area contributed by atoms with E-state index in [1.54, 1.807) is 31.4 Å². The van der Waals surface area contributed by atoms with E-state index in [4.69, 9.17) is 9.47 Å². The van der Waals surface area contributed by atoms with Gasteiger partial charge < -0.3 is 14.8 Å². The Morgan fingerprint density at radius 3 is 2.16 bits per heavy atom. The fourth-order valence-electron chi connectivity index (χ4n) is 2.08. The monoisotopic (exact) mass is 353 g/mol. The number of amides is 1. The van der Waals surface area contributed by atoms with Gasteiger partial charge in [0.1, 0.15) is 11.5 Å². The van der Waals surface area contributed by atoms with Crippen LogP contribution in [0.5, 0.6) is 11.5 Å². The zero-order valence-electron chi connectivity index (χ0n) is 13.6. The fourth-order valence-corrected chi connectivity index (χ4v) is 2.08. The quantitative estimate of drug-likeness (QED) is 0.829. The molecule has 7 heteroatoms. The van der Waals surface area contributed by atoms with Gasteiger partial charge in [0.15, 0.2) is 6.61 Å². The molecule has 0 spiro atoms. The summed E-state index contributed by atoms with van der Waals surface area (Å²) >= 11 is 0. The van der Waals surface area contributed by atoms with Crippen LogP contribution in [-0.2, 0) is 17.4 Å². The third-order valence-electron chi connectivity index (χ3n) is 3.45. The molecule has 0 aliphatic heterocycles. The number of hydrogen-bond donors (Lipinski definition) is 1. The highest BCUT2D eigenvalue weighted by molar-refractivity contribution is 5.77. The molecule has 0 aliphatic carbocycles. The standard InChI is InChI=1S/C18H18F3NO3/c1-24-15-6-8-16(9-7-15)25-12-17(23)22-11-10-13-2-4-14(5-3-13)18(19,20)21/h2-9H,10-12H2,1H3,(H,22,23). The van der Waals surface area contributed by atoms with Gasteiger partial charge in [-0.05, 0) is 48.4 Å². The Balaban J connectivity index is 1.71. The largest absolute Gasteiger partial charge is 0.497 e. The van der Waals surface area contributed by atoms with Gasteiger partial charge in [0.2, 0.25) is 0 Å². The molecule has 0 fully saturated rings. The second kappa shape index (κ2) is 8.41. The van der Waals surface area contributed by atoms with Gasteiger partial charge in [0.25, 0.3) is 5.91 Å². The van der Waals surface area contributed by atoms with Gasteiger partial charge >= 0.3 is 6.18 Å². The third-order valence-corrected chi connectivity index (χ3v) is 3.45. The molecule has 2 aromatic carbocycles. The van der Waals surface area contributed by atoms with Crippen LogP contribution in [0.15, 0.2) is 48.5 Å². The molecular weight excluding hydrogens is 335 g/mol. The lowest BCUT2D eigenvalue weighted by Crippen LogP contribution is -2.30. The molecule has 0 aromatic heterocycles. The first-order valence-electron chi connectivity index (χ1n) is 7.58. The first kappa shape index (κ1) is 18.6. The molecule has 25 heavy (non-hydrogen) atoms. The number of benzene rings is 2. The molecule has 0 radical (unpaired) electrons. The maximum Gasteiger partial charge on any atom is 0.416 e. The van der Waals surface area contributed by atoms with Crippen molar-refractivity contribution in [2.45, 2.75) is 12.6 Å². The summed E-state index contributed by atoms with van der Waals surface area (Å²) in [4.78, 5) is 11.7. The first-order valence-corrected chi connectivity index (χ1v) is 7.58. The van der Waals surface area contributed by atoms with Crippen LogP contribution in [0.2, 0.25) is 0 Å². The second-order valence-electron chi connectivity index (χ2n) is 5.26. The molecule has 0 heterocycles. The smallest absolute Gasteiger partial charge is 0.416 e. The molecule has 0 atom stereocenters. The maximum atomic E-state index is 12.5. The summed E-state index contributed by atoms with van der Waals surface area (Å²) in [5.74, 6) is 0.926. The van der Waals surface area contributed by atoms with Crippen molar-refractivity contribution in [2.24, 2.45) is 0 Å². The lowest BCUT2D eigenvalue weighted by molar-refractivity contribution is -0.137. The van der Waals surface area contributed by atoms with Gasteiger partial charge in [-0.2, -0.15) is 13.2 Å². The van der Waals surface area contributed by atoms with Crippen LogP contribution >= 0.6 is 0 Å². The van der Waals surface area contributed by atoms with Crippen molar-refractivity contribution in [2.75, 3.05) is 20.3 Å². The van der Waals surface area contributed by atoms with Crippen LogP contribution in [0.25, 0.3) is 0 Å². The van der Waals surface area contributed by atoms with Crippen molar-refractivity contribution in [1.29, 1.82) is 0 Å². The molecule has 0 bridgehead atoms. The Morgan fingerprint density at radius 2 is 1.60 bits per heavy atom. The van der Waals surface area contributed by atoms with E-state index in [0.29, 0.717) is 30.0 Å². The molecule has 1 N–H and O–H groups in total. The number of ether oxygens (including phenoxy) is 2. The number of hydrogen-bond acceptors (Lipinski definition) is 3. The van der Waals surface area contributed by atoms with E-state index < -0.39 is 11.7 Å². The number of carbonyl (C=O) groups is 1. The molecule has 0 saturated carbocycles. The molecule has 0 unspecified atom stereocenters.